The first kappa shape index (κ1) is 18.1. The Bertz CT molecular complexity index is 882. The molecule has 2 aromatic heterocycles. The Balaban J connectivity index is 1.68. The molecule has 3 rings (SSSR count). The van der Waals surface area contributed by atoms with E-state index in [1.165, 1.54) is 11.8 Å². The van der Waals surface area contributed by atoms with Crippen molar-refractivity contribution in [1.29, 1.82) is 0 Å². The lowest BCUT2D eigenvalue weighted by molar-refractivity contribution is -0.116. The molecule has 8 heteroatoms. The van der Waals surface area contributed by atoms with E-state index >= 15 is 0 Å². The molecule has 0 saturated carbocycles. The SMILES string of the molecule is CCn1c(SCC(=O)Cc2ccccc2OC)nnc1-c1cnccn1. The smallest absolute Gasteiger partial charge is 0.191 e. The van der Waals surface area contributed by atoms with Crippen molar-refractivity contribution in [1.82, 2.24) is 24.7 Å². The number of rotatable bonds is 8. The van der Waals surface area contributed by atoms with Gasteiger partial charge in [-0.05, 0) is 13.0 Å². The van der Waals surface area contributed by atoms with Crippen LogP contribution in [0.15, 0.2) is 48.0 Å². The van der Waals surface area contributed by atoms with Crippen LogP contribution in [0.1, 0.15) is 12.5 Å². The van der Waals surface area contributed by atoms with Crippen molar-refractivity contribution in [2.24, 2.45) is 0 Å². The van der Waals surface area contributed by atoms with E-state index < -0.39 is 0 Å². The lowest BCUT2D eigenvalue weighted by Gasteiger charge is -2.08. The second-order valence-electron chi connectivity index (χ2n) is 5.46. The van der Waals surface area contributed by atoms with Crippen LogP contribution in [-0.2, 0) is 17.8 Å². The molecular weight excluding hydrogens is 350 g/mol. The Morgan fingerprint density at radius 2 is 2.08 bits per heavy atom. The van der Waals surface area contributed by atoms with Crippen molar-refractivity contribution in [2.45, 2.75) is 25.0 Å². The van der Waals surface area contributed by atoms with E-state index in [9.17, 15) is 4.79 Å². The molecule has 0 bridgehead atoms. The lowest BCUT2D eigenvalue weighted by atomic mass is 10.1. The molecule has 0 spiro atoms. The number of ketones is 1. The van der Waals surface area contributed by atoms with E-state index in [0.717, 1.165) is 11.3 Å². The number of carbonyl (C=O) groups is 1. The fourth-order valence-corrected chi connectivity index (χ4v) is 3.40. The maximum absolute atomic E-state index is 12.4. The molecule has 7 nitrogen and oxygen atoms in total. The number of benzene rings is 1. The monoisotopic (exact) mass is 369 g/mol. The van der Waals surface area contributed by atoms with Gasteiger partial charge < -0.3 is 9.30 Å². The van der Waals surface area contributed by atoms with Crippen molar-refractivity contribution < 1.29 is 9.53 Å². The van der Waals surface area contributed by atoms with Crippen LogP contribution in [0.4, 0.5) is 0 Å². The number of methoxy groups -OCH3 is 1. The van der Waals surface area contributed by atoms with Crippen LogP contribution in [-0.4, -0.2) is 43.4 Å². The molecule has 1 aromatic carbocycles. The summed E-state index contributed by atoms with van der Waals surface area (Å²) in [5, 5.41) is 9.11. The van der Waals surface area contributed by atoms with Crippen molar-refractivity contribution in [3.63, 3.8) is 0 Å². The Hall–Kier alpha value is -2.74. The topological polar surface area (TPSA) is 82.8 Å². The number of para-hydroxylation sites is 1. The summed E-state index contributed by atoms with van der Waals surface area (Å²) < 4.78 is 7.24. The zero-order valence-electron chi connectivity index (χ0n) is 14.6. The highest BCUT2D eigenvalue weighted by Gasteiger charge is 2.16. The normalized spacial score (nSPS) is 10.7. The molecule has 3 aromatic rings. The lowest BCUT2D eigenvalue weighted by Crippen LogP contribution is -2.08. The summed E-state index contributed by atoms with van der Waals surface area (Å²) >= 11 is 1.38. The second kappa shape index (κ2) is 8.57. The minimum Gasteiger partial charge on any atom is -0.496 e. The van der Waals surface area contributed by atoms with Gasteiger partial charge in [-0.1, -0.05) is 30.0 Å². The van der Waals surface area contributed by atoms with Gasteiger partial charge in [0.2, 0.25) is 0 Å². The van der Waals surface area contributed by atoms with Crippen molar-refractivity contribution in [3.8, 4) is 17.3 Å². The van der Waals surface area contributed by atoms with Gasteiger partial charge in [0.15, 0.2) is 11.0 Å². The number of hydrogen-bond donors (Lipinski definition) is 0. The first-order valence-corrected chi connectivity index (χ1v) is 9.17. The minimum absolute atomic E-state index is 0.103. The summed E-state index contributed by atoms with van der Waals surface area (Å²) in [6.45, 7) is 2.69. The molecule has 0 fully saturated rings. The Labute approximate surface area is 155 Å². The quantitative estimate of drug-likeness (QED) is 0.565. The van der Waals surface area contributed by atoms with Crippen molar-refractivity contribution in [3.05, 3.63) is 48.4 Å². The first-order chi connectivity index (χ1) is 12.7. The number of ether oxygens (including phenoxy) is 1. The summed E-state index contributed by atoms with van der Waals surface area (Å²) in [5.74, 6) is 1.80. The average Bonchev–Trinajstić information content (AvgIpc) is 3.10. The maximum atomic E-state index is 12.4. The number of aromatic nitrogens is 5. The summed E-state index contributed by atoms with van der Waals surface area (Å²) in [6, 6.07) is 7.55. The van der Waals surface area contributed by atoms with Gasteiger partial charge in [0.1, 0.15) is 17.2 Å². The van der Waals surface area contributed by atoms with E-state index in [1.54, 1.807) is 25.7 Å². The Morgan fingerprint density at radius 1 is 1.23 bits per heavy atom. The van der Waals surface area contributed by atoms with Crippen LogP contribution >= 0.6 is 11.8 Å². The van der Waals surface area contributed by atoms with E-state index in [4.69, 9.17) is 4.74 Å². The Kier molecular flexibility index (Phi) is 5.96. The molecule has 0 unspecified atom stereocenters. The van der Waals surface area contributed by atoms with Gasteiger partial charge >= 0.3 is 0 Å². The summed E-state index contributed by atoms with van der Waals surface area (Å²) in [7, 11) is 1.61. The molecule has 0 aliphatic heterocycles. The third-order valence-electron chi connectivity index (χ3n) is 3.77. The predicted octanol–water partition coefficient (Wildman–Crippen LogP) is 2.67. The molecule has 0 atom stereocenters. The van der Waals surface area contributed by atoms with E-state index in [0.29, 0.717) is 35.4 Å². The molecular formula is C18H19N5O2S. The van der Waals surface area contributed by atoms with Gasteiger partial charge in [-0.2, -0.15) is 0 Å². The summed E-state index contributed by atoms with van der Waals surface area (Å²) in [4.78, 5) is 20.7. The molecule has 0 amide bonds. The highest BCUT2D eigenvalue weighted by Crippen LogP contribution is 2.23. The van der Waals surface area contributed by atoms with E-state index in [-0.39, 0.29) is 5.78 Å². The van der Waals surface area contributed by atoms with Crippen LogP contribution < -0.4 is 4.74 Å². The third-order valence-corrected chi connectivity index (χ3v) is 4.79. The van der Waals surface area contributed by atoms with Crippen molar-refractivity contribution >= 4 is 17.5 Å². The third kappa shape index (κ3) is 4.08. The van der Waals surface area contributed by atoms with Crippen LogP contribution in [0.25, 0.3) is 11.5 Å². The number of carbonyl (C=O) groups excluding carboxylic acids is 1. The highest BCUT2D eigenvalue weighted by atomic mass is 32.2. The molecule has 0 N–H and O–H groups in total. The number of nitrogens with zero attached hydrogens (tertiary/aromatic N) is 5. The first-order valence-electron chi connectivity index (χ1n) is 8.19. The molecule has 0 saturated heterocycles. The van der Waals surface area contributed by atoms with Gasteiger partial charge in [0.25, 0.3) is 0 Å². The maximum Gasteiger partial charge on any atom is 0.191 e. The predicted molar refractivity (Wildman–Crippen MR) is 99.2 cm³/mol. The van der Waals surface area contributed by atoms with E-state index in [1.807, 2.05) is 35.8 Å². The van der Waals surface area contributed by atoms with Gasteiger partial charge in [0, 0.05) is 30.9 Å². The van der Waals surface area contributed by atoms with Crippen LogP contribution in [0.5, 0.6) is 5.75 Å². The van der Waals surface area contributed by atoms with Crippen molar-refractivity contribution in [2.75, 3.05) is 12.9 Å². The Morgan fingerprint density at radius 3 is 2.81 bits per heavy atom. The standard InChI is InChI=1S/C18H19N5O2S/c1-3-23-17(15-11-19-8-9-20-15)21-22-18(23)26-12-14(24)10-13-6-4-5-7-16(13)25-2/h4-9,11H,3,10,12H2,1-2H3. The van der Waals surface area contributed by atoms with Gasteiger partial charge in [0.05, 0.1) is 19.1 Å². The van der Waals surface area contributed by atoms with Gasteiger partial charge in [-0.3, -0.25) is 9.78 Å². The molecule has 0 radical (unpaired) electrons. The van der Waals surface area contributed by atoms with Gasteiger partial charge in [-0.25, -0.2) is 4.98 Å². The molecule has 0 aliphatic rings. The largest absolute Gasteiger partial charge is 0.496 e. The van der Waals surface area contributed by atoms with Crippen LogP contribution in [0.2, 0.25) is 0 Å². The zero-order chi connectivity index (χ0) is 18.4. The second-order valence-corrected chi connectivity index (χ2v) is 6.40. The average molecular weight is 369 g/mol. The minimum atomic E-state index is 0.103. The van der Waals surface area contributed by atoms with Crippen LogP contribution in [0.3, 0.4) is 0 Å². The molecule has 134 valence electrons. The highest BCUT2D eigenvalue weighted by molar-refractivity contribution is 7.99. The summed E-state index contributed by atoms with van der Waals surface area (Å²) in [6.07, 6.45) is 5.21. The number of thioether (sulfide) groups is 1. The molecule has 26 heavy (non-hydrogen) atoms. The number of hydrogen-bond acceptors (Lipinski definition) is 7. The fraction of sp³-hybridized carbons (Fsp3) is 0.278. The molecule has 0 aliphatic carbocycles. The van der Waals surface area contributed by atoms with Gasteiger partial charge in [-0.15, -0.1) is 10.2 Å². The number of Topliss-reactive ketones (excluding diaryl/α,β-unsaturated/α-hetero) is 1. The van der Waals surface area contributed by atoms with E-state index in [2.05, 4.69) is 20.2 Å². The fourth-order valence-electron chi connectivity index (χ4n) is 2.54. The zero-order valence-corrected chi connectivity index (χ0v) is 15.4. The van der Waals surface area contributed by atoms with Crippen LogP contribution in [0, 0.1) is 0 Å². The summed E-state index contributed by atoms with van der Waals surface area (Å²) in [5.41, 5.74) is 1.55. The molecule has 2 heterocycles.